The monoisotopic (exact) mass is 436 g/mol. The fourth-order valence-corrected chi connectivity index (χ4v) is 4.65. The van der Waals surface area contributed by atoms with Gasteiger partial charge in [-0.15, -0.1) is 0 Å². The van der Waals surface area contributed by atoms with Crippen LogP contribution >= 0.6 is 0 Å². The Labute approximate surface area is 174 Å². The van der Waals surface area contributed by atoms with Crippen molar-refractivity contribution in [3.05, 3.63) is 41.7 Å². The van der Waals surface area contributed by atoms with Crippen molar-refractivity contribution >= 4 is 27.7 Å². The van der Waals surface area contributed by atoms with E-state index in [0.717, 1.165) is 0 Å². The highest BCUT2D eigenvalue weighted by atomic mass is 32.2. The Hall–Kier alpha value is -3.05. The molecule has 2 amide bonds. The van der Waals surface area contributed by atoms with Crippen LogP contribution in [-0.4, -0.2) is 72.6 Å². The van der Waals surface area contributed by atoms with Gasteiger partial charge in [0.1, 0.15) is 16.3 Å². The second kappa shape index (κ2) is 8.36. The van der Waals surface area contributed by atoms with Crippen molar-refractivity contribution in [2.45, 2.75) is 11.8 Å². The third-order valence-corrected chi connectivity index (χ3v) is 6.86. The number of nitrogens with one attached hydrogen (secondary N) is 1. The average Bonchev–Trinajstić information content (AvgIpc) is 3.12. The van der Waals surface area contributed by atoms with Gasteiger partial charge in [0.25, 0.3) is 0 Å². The number of piperazine rings is 1. The predicted molar refractivity (Wildman–Crippen MR) is 109 cm³/mol. The summed E-state index contributed by atoms with van der Waals surface area (Å²) in [6.07, 6.45) is 1.37. The SMILES string of the molecule is COC(=O)c1cc(S(=O)(=O)N2CCN(C(=O)Nc3ccc(C)c(O)c3)CC2)cn1C. The maximum Gasteiger partial charge on any atom is 0.354 e. The molecular weight excluding hydrogens is 412 g/mol. The smallest absolute Gasteiger partial charge is 0.354 e. The number of urea groups is 1. The molecule has 1 aliphatic heterocycles. The zero-order valence-corrected chi connectivity index (χ0v) is 17.8. The molecule has 1 aromatic carbocycles. The number of aromatic nitrogens is 1. The number of carbonyl (C=O) groups excluding carboxylic acids is 2. The van der Waals surface area contributed by atoms with Crippen molar-refractivity contribution in [3.63, 3.8) is 0 Å². The van der Waals surface area contributed by atoms with Gasteiger partial charge in [0, 0.05) is 51.2 Å². The largest absolute Gasteiger partial charge is 0.508 e. The van der Waals surface area contributed by atoms with E-state index < -0.39 is 16.0 Å². The number of hydrogen-bond acceptors (Lipinski definition) is 6. The molecule has 11 heteroatoms. The number of carbonyl (C=O) groups is 2. The summed E-state index contributed by atoms with van der Waals surface area (Å²) in [4.78, 5) is 25.7. The lowest BCUT2D eigenvalue weighted by Gasteiger charge is -2.33. The minimum absolute atomic E-state index is 0.00145. The molecule has 1 saturated heterocycles. The van der Waals surface area contributed by atoms with Crippen LogP contribution in [0, 0.1) is 6.92 Å². The molecule has 162 valence electrons. The first kappa shape index (κ1) is 21.7. The molecule has 1 aromatic heterocycles. The number of esters is 1. The van der Waals surface area contributed by atoms with E-state index in [1.807, 2.05) is 0 Å². The number of phenolic OH excluding ortho intramolecular Hbond substituents is 1. The summed E-state index contributed by atoms with van der Waals surface area (Å²) in [5, 5.41) is 12.5. The van der Waals surface area contributed by atoms with Crippen molar-refractivity contribution in [1.29, 1.82) is 0 Å². The van der Waals surface area contributed by atoms with Crippen LogP contribution in [0.3, 0.4) is 0 Å². The van der Waals surface area contributed by atoms with Crippen LogP contribution in [0.5, 0.6) is 5.75 Å². The van der Waals surface area contributed by atoms with Crippen molar-refractivity contribution in [2.24, 2.45) is 7.05 Å². The number of ether oxygens (including phenoxy) is 1. The topological polar surface area (TPSA) is 121 Å². The minimum atomic E-state index is -3.81. The zero-order chi connectivity index (χ0) is 22.1. The maximum absolute atomic E-state index is 12.9. The summed E-state index contributed by atoms with van der Waals surface area (Å²) < 4.78 is 33.2. The number of amides is 2. The van der Waals surface area contributed by atoms with Crippen LogP contribution < -0.4 is 5.32 Å². The summed E-state index contributed by atoms with van der Waals surface area (Å²) in [7, 11) is -1.02. The van der Waals surface area contributed by atoms with E-state index in [1.54, 1.807) is 26.1 Å². The fourth-order valence-electron chi connectivity index (χ4n) is 3.15. The number of rotatable bonds is 4. The van der Waals surface area contributed by atoms with Crippen molar-refractivity contribution in [3.8, 4) is 5.75 Å². The Morgan fingerprint density at radius 2 is 1.80 bits per heavy atom. The van der Waals surface area contributed by atoms with E-state index in [-0.39, 0.29) is 48.5 Å². The van der Waals surface area contributed by atoms with E-state index in [0.29, 0.717) is 11.3 Å². The molecule has 0 radical (unpaired) electrons. The normalized spacial score (nSPS) is 15.1. The highest BCUT2D eigenvalue weighted by Gasteiger charge is 2.32. The number of benzene rings is 1. The van der Waals surface area contributed by atoms with Gasteiger partial charge in [-0.05, 0) is 24.6 Å². The van der Waals surface area contributed by atoms with E-state index in [2.05, 4.69) is 10.1 Å². The lowest BCUT2D eigenvalue weighted by Crippen LogP contribution is -2.51. The van der Waals surface area contributed by atoms with Gasteiger partial charge in [0.2, 0.25) is 10.0 Å². The van der Waals surface area contributed by atoms with Crippen LogP contribution in [0.1, 0.15) is 16.1 Å². The molecule has 0 atom stereocenters. The number of methoxy groups -OCH3 is 1. The summed E-state index contributed by atoms with van der Waals surface area (Å²) in [5.41, 5.74) is 1.29. The number of phenols is 1. The molecule has 0 unspecified atom stereocenters. The maximum atomic E-state index is 12.9. The Morgan fingerprint density at radius 3 is 2.40 bits per heavy atom. The number of aryl methyl sites for hydroxylation is 2. The Kier molecular flexibility index (Phi) is 6.04. The second-order valence-electron chi connectivity index (χ2n) is 6.99. The van der Waals surface area contributed by atoms with Gasteiger partial charge >= 0.3 is 12.0 Å². The van der Waals surface area contributed by atoms with Crippen LogP contribution in [0.25, 0.3) is 0 Å². The highest BCUT2D eigenvalue weighted by molar-refractivity contribution is 7.89. The first-order chi connectivity index (χ1) is 14.1. The molecule has 2 aromatic rings. The van der Waals surface area contributed by atoms with Crippen LogP contribution in [0.2, 0.25) is 0 Å². The minimum Gasteiger partial charge on any atom is -0.508 e. The van der Waals surface area contributed by atoms with Crippen LogP contribution in [0.4, 0.5) is 10.5 Å². The molecule has 1 aliphatic rings. The molecule has 0 saturated carbocycles. The molecule has 1 fully saturated rings. The number of aromatic hydroxyl groups is 1. The highest BCUT2D eigenvalue weighted by Crippen LogP contribution is 2.23. The molecular formula is C19H24N4O6S. The van der Waals surface area contributed by atoms with Gasteiger partial charge < -0.3 is 24.6 Å². The van der Waals surface area contributed by atoms with Gasteiger partial charge in [-0.3, -0.25) is 0 Å². The van der Waals surface area contributed by atoms with Gasteiger partial charge in [-0.1, -0.05) is 6.07 Å². The van der Waals surface area contributed by atoms with E-state index in [9.17, 15) is 23.1 Å². The van der Waals surface area contributed by atoms with E-state index in [1.165, 1.54) is 39.2 Å². The third kappa shape index (κ3) is 4.26. The standard InChI is InChI=1S/C19H24N4O6S/c1-13-4-5-14(10-17(13)24)20-19(26)22-6-8-23(9-7-22)30(27,28)15-11-16(18(25)29-3)21(2)12-15/h4-5,10-12,24H,6-9H2,1-3H3,(H,20,26). The van der Waals surface area contributed by atoms with E-state index >= 15 is 0 Å². The second-order valence-corrected chi connectivity index (χ2v) is 8.92. The lowest BCUT2D eigenvalue weighted by atomic mass is 10.2. The molecule has 2 N–H and O–H groups in total. The Bertz CT molecular complexity index is 1070. The molecule has 2 heterocycles. The van der Waals surface area contributed by atoms with Crippen LogP contribution in [-0.2, 0) is 21.8 Å². The third-order valence-electron chi connectivity index (χ3n) is 5.00. The molecule has 0 spiro atoms. The molecule has 30 heavy (non-hydrogen) atoms. The van der Waals surface area contributed by atoms with Crippen molar-refractivity contribution < 1.29 is 27.9 Å². The first-order valence-corrected chi connectivity index (χ1v) is 10.7. The Morgan fingerprint density at radius 1 is 1.13 bits per heavy atom. The summed E-state index contributed by atoms with van der Waals surface area (Å²) in [5.74, 6) is -0.541. The summed E-state index contributed by atoms with van der Waals surface area (Å²) in [6, 6.07) is 5.75. The number of nitrogens with zero attached hydrogens (tertiary/aromatic N) is 3. The predicted octanol–water partition coefficient (Wildman–Crippen LogP) is 1.36. The fraction of sp³-hybridized carbons (Fsp3) is 0.368. The Balaban J connectivity index is 1.65. The van der Waals surface area contributed by atoms with Gasteiger partial charge in [-0.2, -0.15) is 4.31 Å². The lowest BCUT2D eigenvalue weighted by molar-refractivity contribution is 0.0590. The average molecular weight is 436 g/mol. The molecule has 0 bridgehead atoms. The summed E-state index contributed by atoms with van der Waals surface area (Å²) in [6.45, 7) is 2.41. The van der Waals surface area contributed by atoms with Crippen molar-refractivity contribution in [2.75, 3.05) is 38.6 Å². The van der Waals surface area contributed by atoms with Crippen molar-refractivity contribution in [1.82, 2.24) is 13.8 Å². The quantitative estimate of drug-likeness (QED) is 0.698. The van der Waals surface area contributed by atoms with Gasteiger partial charge in [-0.25, -0.2) is 18.0 Å². The first-order valence-electron chi connectivity index (χ1n) is 9.24. The number of hydrogen-bond donors (Lipinski definition) is 2. The molecule has 3 rings (SSSR count). The van der Waals surface area contributed by atoms with E-state index in [4.69, 9.17) is 0 Å². The summed E-state index contributed by atoms with van der Waals surface area (Å²) >= 11 is 0. The number of anilines is 1. The van der Waals surface area contributed by atoms with Crippen LogP contribution in [0.15, 0.2) is 35.4 Å². The number of sulfonamides is 1. The zero-order valence-electron chi connectivity index (χ0n) is 17.0. The molecule has 0 aliphatic carbocycles. The van der Waals surface area contributed by atoms with Gasteiger partial charge in [0.15, 0.2) is 0 Å². The molecule has 10 nitrogen and oxygen atoms in total. The van der Waals surface area contributed by atoms with Gasteiger partial charge in [0.05, 0.1) is 7.11 Å².